The first-order chi connectivity index (χ1) is 14.2. The zero-order valence-corrected chi connectivity index (χ0v) is 17.0. The Morgan fingerprint density at radius 3 is 2.43 bits per heavy atom. The van der Waals surface area contributed by atoms with E-state index in [1.165, 1.54) is 23.1 Å². The molecule has 0 aliphatic carbocycles. The van der Waals surface area contributed by atoms with Crippen LogP contribution in [-0.4, -0.2) is 58.7 Å². The molecule has 1 aliphatic heterocycles. The van der Waals surface area contributed by atoms with Crippen molar-refractivity contribution < 1.29 is 19.6 Å². The van der Waals surface area contributed by atoms with Gasteiger partial charge in [0.2, 0.25) is 0 Å². The maximum Gasteiger partial charge on any atom is 0.295 e. The fraction of sp³-hybridized carbons (Fsp3) is 0.273. The highest BCUT2D eigenvalue weighted by Crippen LogP contribution is 2.40. The van der Waals surface area contributed by atoms with Gasteiger partial charge in [0.05, 0.1) is 16.5 Å². The quantitative estimate of drug-likeness (QED) is 0.259. The first-order valence-electron chi connectivity index (χ1n) is 9.45. The van der Waals surface area contributed by atoms with Crippen molar-refractivity contribution in [1.29, 1.82) is 0 Å². The topological polar surface area (TPSA) is 104 Å². The number of Topliss-reactive ketones (excluding diaryl/α,β-unsaturated/α-hetero) is 1. The van der Waals surface area contributed by atoms with E-state index >= 15 is 0 Å². The largest absolute Gasteiger partial charge is 0.507 e. The molecule has 0 bridgehead atoms. The third-order valence-electron chi connectivity index (χ3n) is 5.05. The summed E-state index contributed by atoms with van der Waals surface area (Å²) >= 11 is 0. The van der Waals surface area contributed by atoms with Crippen LogP contribution in [0, 0.1) is 17.0 Å². The summed E-state index contributed by atoms with van der Waals surface area (Å²) in [5.41, 5.74) is 1.56. The lowest BCUT2D eigenvalue weighted by atomic mass is 9.94. The van der Waals surface area contributed by atoms with Crippen LogP contribution in [0.25, 0.3) is 5.76 Å². The van der Waals surface area contributed by atoms with Crippen LogP contribution < -0.4 is 0 Å². The number of benzene rings is 2. The van der Waals surface area contributed by atoms with Crippen molar-refractivity contribution in [2.75, 3.05) is 27.2 Å². The van der Waals surface area contributed by atoms with Crippen LogP contribution in [0.3, 0.4) is 0 Å². The molecule has 0 saturated carbocycles. The Morgan fingerprint density at radius 1 is 1.17 bits per heavy atom. The van der Waals surface area contributed by atoms with Crippen LogP contribution in [-0.2, 0) is 9.59 Å². The van der Waals surface area contributed by atoms with Gasteiger partial charge in [-0.25, -0.2) is 0 Å². The number of nitro benzene ring substituents is 1. The number of nitro groups is 1. The smallest absolute Gasteiger partial charge is 0.295 e. The number of amides is 1. The molecule has 3 rings (SSSR count). The Labute approximate surface area is 174 Å². The van der Waals surface area contributed by atoms with Gasteiger partial charge in [0.15, 0.2) is 0 Å². The molecule has 1 fully saturated rings. The van der Waals surface area contributed by atoms with E-state index in [9.17, 15) is 24.8 Å². The van der Waals surface area contributed by atoms with Gasteiger partial charge in [-0.2, -0.15) is 0 Å². The van der Waals surface area contributed by atoms with Crippen molar-refractivity contribution in [3.05, 3.63) is 80.9 Å². The van der Waals surface area contributed by atoms with E-state index in [4.69, 9.17) is 0 Å². The van der Waals surface area contributed by atoms with Crippen molar-refractivity contribution in [3.8, 4) is 0 Å². The van der Waals surface area contributed by atoms with Gasteiger partial charge in [0.25, 0.3) is 17.4 Å². The van der Waals surface area contributed by atoms with Crippen LogP contribution >= 0.6 is 0 Å². The van der Waals surface area contributed by atoms with E-state index in [0.717, 1.165) is 5.56 Å². The molecule has 30 heavy (non-hydrogen) atoms. The Kier molecular flexibility index (Phi) is 5.98. The molecule has 8 nitrogen and oxygen atoms in total. The summed E-state index contributed by atoms with van der Waals surface area (Å²) in [5, 5.41) is 22.2. The van der Waals surface area contributed by atoms with E-state index in [2.05, 4.69) is 0 Å². The average Bonchev–Trinajstić information content (AvgIpc) is 2.97. The Bertz CT molecular complexity index is 1030. The number of likely N-dealkylation sites (N-methyl/N-ethyl adjacent to an activating group) is 1. The molecule has 2 aromatic carbocycles. The van der Waals surface area contributed by atoms with Gasteiger partial charge in [0, 0.05) is 30.8 Å². The predicted octanol–water partition coefficient (Wildman–Crippen LogP) is 2.89. The molecule has 1 heterocycles. The number of non-ortho nitro benzene ring substituents is 1. The third-order valence-corrected chi connectivity index (χ3v) is 5.05. The number of carbonyl (C=O) groups is 2. The SMILES string of the molecule is Cc1ccc(/C(O)=C2\C(=O)C(=O)N(CCN(C)C)C2c2cccc([N+](=O)[O-])c2)cc1. The van der Waals surface area contributed by atoms with Gasteiger partial charge in [0.1, 0.15) is 5.76 Å². The summed E-state index contributed by atoms with van der Waals surface area (Å²) in [4.78, 5) is 39.6. The number of carbonyl (C=O) groups excluding carboxylic acids is 2. The molecule has 0 radical (unpaired) electrons. The van der Waals surface area contributed by atoms with Crippen molar-refractivity contribution in [3.63, 3.8) is 0 Å². The van der Waals surface area contributed by atoms with E-state index in [-0.39, 0.29) is 23.6 Å². The number of rotatable bonds is 6. The van der Waals surface area contributed by atoms with Gasteiger partial charge in [-0.3, -0.25) is 19.7 Å². The van der Waals surface area contributed by atoms with Crippen molar-refractivity contribution in [2.45, 2.75) is 13.0 Å². The minimum Gasteiger partial charge on any atom is -0.507 e. The number of hydrogen-bond donors (Lipinski definition) is 1. The van der Waals surface area contributed by atoms with E-state index in [0.29, 0.717) is 17.7 Å². The summed E-state index contributed by atoms with van der Waals surface area (Å²) in [6.07, 6.45) is 0. The molecule has 156 valence electrons. The summed E-state index contributed by atoms with van der Waals surface area (Å²) < 4.78 is 0. The molecule has 0 aromatic heterocycles. The Morgan fingerprint density at radius 2 is 1.83 bits per heavy atom. The predicted molar refractivity (Wildman–Crippen MR) is 112 cm³/mol. The lowest BCUT2D eigenvalue weighted by Crippen LogP contribution is -2.35. The average molecular weight is 409 g/mol. The lowest BCUT2D eigenvalue weighted by Gasteiger charge is -2.26. The highest BCUT2D eigenvalue weighted by Gasteiger charge is 2.46. The summed E-state index contributed by atoms with van der Waals surface area (Å²) in [6.45, 7) is 2.62. The molecular formula is C22H23N3O5. The molecule has 1 aliphatic rings. The number of aryl methyl sites for hydroxylation is 1. The normalized spacial score (nSPS) is 18.3. The molecule has 8 heteroatoms. The molecular weight excluding hydrogens is 386 g/mol. The fourth-order valence-electron chi connectivity index (χ4n) is 3.44. The summed E-state index contributed by atoms with van der Waals surface area (Å²) in [5.74, 6) is -1.83. The van der Waals surface area contributed by atoms with Gasteiger partial charge >= 0.3 is 0 Å². The van der Waals surface area contributed by atoms with Gasteiger partial charge < -0.3 is 14.9 Å². The number of nitrogens with zero attached hydrogens (tertiary/aromatic N) is 3. The van der Waals surface area contributed by atoms with Crippen LogP contribution in [0.1, 0.15) is 22.7 Å². The number of likely N-dealkylation sites (tertiary alicyclic amines) is 1. The Hall–Kier alpha value is -3.52. The maximum atomic E-state index is 12.9. The summed E-state index contributed by atoms with van der Waals surface area (Å²) in [6, 6.07) is 11.8. The van der Waals surface area contributed by atoms with E-state index in [1.807, 2.05) is 25.9 Å². The first kappa shape index (κ1) is 21.2. The van der Waals surface area contributed by atoms with E-state index in [1.54, 1.807) is 30.3 Å². The van der Waals surface area contributed by atoms with Gasteiger partial charge in [-0.15, -0.1) is 0 Å². The highest BCUT2D eigenvalue weighted by molar-refractivity contribution is 6.46. The minimum absolute atomic E-state index is 0.0666. The molecule has 1 N–H and O–H groups in total. The molecule has 1 unspecified atom stereocenters. The second kappa shape index (κ2) is 8.46. The number of ketones is 1. The number of aliphatic hydroxyl groups excluding tert-OH is 1. The highest BCUT2D eigenvalue weighted by atomic mass is 16.6. The molecule has 0 spiro atoms. The molecule has 1 saturated heterocycles. The second-order valence-electron chi connectivity index (χ2n) is 7.51. The van der Waals surface area contributed by atoms with Crippen LogP contribution in [0.15, 0.2) is 54.1 Å². The van der Waals surface area contributed by atoms with Crippen molar-refractivity contribution in [1.82, 2.24) is 9.80 Å². The van der Waals surface area contributed by atoms with Crippen LogP contribution in [0.5, 0.6) is 0 Å². The standard InChI is InChI=1S/C22H23N3O5/c1-14-7-9-15(10-8-14)20(26)18-19(16-5-4-6-17(13-16)25(29)30)24(12-11-23(2)3)22(28)21(18)27/h4-10,13,19,26H,11-12H2,1-3H3/b20-18+. The number of hydrogen-bond acceptors (Lipinski definition) is 6. The minimum atomic E-state index is -0.911. The fourth-order valence-corrected chi connectivity index (χ4v) is 3.44. The second-order valence-corrected chi connectivity index (χ2v) is 7.51. The third kappa shape index (κ3) is 4.08. The molecule has 2 aromatic rings. The van der Waals surface area contributed by atoms with Crippen LogP contribution in [0.4, 0.5) is 5.69 Å². The van der Waals surface area contributed by atoms with Crippen LogP contribution in [0.2, 0.25) is 0 Å². The lowest BCUT2D eigenvalue weighted by molar-refractivity contribution is -0.384. The molecule has 1 atom stereocenters. The number of aliphatic hydroxyl groups is 1. The summed E-state index contributed by atoms with van der Waals surface area (Å²) in [7, 11) is 3.68. The Balaban J connectivity index is 2.17. The maximum absolute atomic E-state index is 12.9. The van der Waals surface area contributed by atoms with Crippen molar-refractivity contribution in [2.24, 2.45) is 0 Å². The zero-order valence-electron chi connectivity index (χ0n) is 17.0. The zero-order chi connectivity index (χ0) is 22.0. The first-order valence-corrected chi connectivity index (χ1v) is 9.45. The van der Waals surface area contributed by atoms with Gasteiger partial charge in [-0.1, -0.05) is 42.0 Å². The van der Waals surface area contributed by atoms with E-state index < -0.39 is 22.7 Å². The van der Waals surface area contributed by atoms with Crippen molar-refractivity contribution >= 4 is 23.1 Å². The van der Waals surface area contributed by atoms with Gasteiger partial charge in [-0.05, 0) is 26.6 Å². The molecule has 1 amide bonds. The monoisotopic (exact) mass is 409 g/mol.